The van der Waals surface area contributed by atoms with Crippen LogP contribution in [0.25, 0.3) is 22.0 Å². The van der Waals surface area contributed by atoms with Crippen molar-refractivity contribution in [2.24, 2.45) is 0 Å². The highest BCUT2D eigenvalue weighted by molar-refractivity contribution is 6.50. The Labute approximate surface area is 161 Å². The van der Waals surface area contributed by atoms with Crippen LogP contribution in [0.1, 0.15) is 17.0 Å². The van der Waals surface area contributed by atoms with E-state index >= 15 is 0 Å². The molecule has 1 N–H and O–H groups in total. The van der Waals surface area contributed by atoms with Crippen molar-refractivity contribution in [3.63, 3.8) is 0 Å². The number of aromatic amines is 1. The van der Waals surface area contributed by atoms with Crippen LogP contribution >= 0.6 is 11.6 Å². The Balaban J connectivity index is 2.12. The molecule has 0 radical (unpaired) electrons. The molecular weight excluding hydrogens is 368 g/mol. The van der Waals surface area contributed by atoms with Gasteiger partial charge in [0.15, 0.2) is 17.3 Å². The van der Waals surface area contributed by atoms with Gasteiger partial charge in [-0.2, -0.15) is 0 Å². The molecule has 3 rings (SSSR count). The summed E-state index contributed by atoms with van der Waals surface area (Å²) in [6.07, 6.45) is 1.68. The van der Waals surface area contributed by atoms with Crippen LogP contribution in [-0.2, 0) is 0 Å². The number of aromatic nitrogens is 2. The first-order chi connectivity index (χ1) is 13.0. The van der Waals surface area contributed by atoms with Crippen LogP contribution in [0.4, 0.5) is 0 Å². The molecule has 0 aliphatic heterocycles. The maximum atomic E-state index is 12.4. The predicted octanol–water partition coefficient (Wildman–Crippen LogP) is 3.99. The van der Waals surface area contributed by atoms with Gasteiger partial charge >= 0.3 is 0 Å². The molecule has 0 saturated carbocycles. The zero-order chi connectivity index (χ0) is 19.6. The molecular formula is C20H19ClN2O4. The second kappa shape index (κ2) is 7.72. The number of nitrogens with zero attached hydrogens (tertiary/aromatic N) is 1. The highest BCUT2D eigenvalue weighted by Gasteiger charge is 2.14. The third kappa shape index (κ3) is 3.61. The zero-order valence-electron chi connectivity index (χ0n) is 15.4. The van der Waals surface area contributed by atoms with Gasteiger partial charge in [0.05, 0.1) is 37.3 Å². The van der Waals surface area contributed by atoms with Gasteiger partial charge in [0, 0.05) is 0 Å². The van der Waals surface area contributed by atoms with Crippen LogP contribution in [0.15, 0.2) is 35.1 Å². The molecule has 1 aromatic heterocycles. The van der Waals surface area contributed by atoms with E-state index in [4.69, 9.17) is 25.8 Å². The van der Waals surface area contributed by atoms with Crippen molar-refractivity contribution in [3.8, 4) is 17.2 Å². The summed E-state index contributed by atoms with van der Waals surface area (Å²) in [4.78, 5) is 19.6. The van der Waals surface area contributed by atoms with Crippen LogP contribution < -0.4 is 19.8 Å². The lowest BCUT2D eigenvalue weighted by Crippen LogP contribution is -2.11. The van der Waals surface area contributed by atoms with E-state index in [1.54, 1.807) is 24.3 Å². The lowest BCUT2D eigenvalue weighted by Gasteiger charge is -2.13. The maximum Gasteiger partial charge on any atom is 0.259 e. The van der Waals surface area contributed by atoms with Gasteiger partial charge in [0.1, 0.15) is 0 Å². The number of nitrogens with one attached hydrogen (secondary N) is 1. The molecule has 7 heteroatoms. The number of methoxy groups -OCH3 is 3. The fourth-order valence-electron chi connectivity index (χ4n) is 2.82. The van der Waals surface area contributed by atoms with E-state index in [0.29, 0.717) is 33.7 Å². The smallest absolute Gasteiger partial charge is 0.259 e. The minimum absolute atomic E-state index is 0.241. The second-order valence-electron chi connectivity index (χ2n) is 5.84. The molecule has 0 bridgehead atoms. The van der Waals surface area contributed by atoms with Crippen molar-refractivity contribution in [1.82, 2.24) is 9.97 Å². The summed E-state index contributed by atoms with van der Waals surface area (Å²) in [6, 6.07) is 8.97. The normalized spacial score (nSPS) is 11.5. The molecule has 0 aliphatic rings. The maximum absolute atomic E-state index is 12.4. The summed E-state index contributed by atoms with van der Waals surface area (Å²) in [5, 5.41) is 0.808. The largest absolute Gasteiger partial charge is 0.493 e. The summed E-state index contributed by atoms with van der Waals surface area (Å²) in [5.41, 5.74) is 1.99. The minimum Gasteiger partial charge on any atom is -0.493 e. The Morgan fingerprint density at radius 2 is 1.78 bits per heavy atom. The number of halogens is 1. The summed E-state index contributed by atoms with van der Waals surface area (Å²) >= 11 is 6.45. The van der Waals surface area contributed by atoms with Gasteiger partial charge in [-0.3, -0.25) is 4.79 Å². The Hall–Kier alpha value is -2.99. The summed E-state index contributed by atoms with van der Waals surface area (Å²) in [7, 11) is 4.62. The molecule has 0 amide bonds. The Bertz CT molecular complexity index is 1060. The van der Waals surface area contributed by atoms with Crippen LogP contribution in [0.2, 0.25) is 0 Å². The van der Waals surface area contributed by atoms with Gasteiger partial charge in [0.2, 0.25) is 5.75 Å². The fourth-order valence-corrected chi connectivity index (χ4v) is 3.03. The number of aryl methyl sites for hydroxylation is 1. The number of hydrogen-bond donors (Lipinski definition) is 1. The average molecular weight is 387 g/mol. The number of para-hydroxylation sites is 1. The molecule has 3 aromatic rings. The van der Waals surface area contributed by atoms with E-state index < -0.39 is 0 Å². The first-order valence-corrected chi connectivity index (χ1v) is 8.53. The quantitative estimate of drug-likeness (QED) is 0.717. The van der Waals surface area contributed by atoms with Crippen molar-refractivity contribution in [2.45, 2.75) is 6.92 Å². The average Bonchev–Trinajstić information content (AvgIpc) is 2.67. The van der Waals surface area contributed by atoms with Crippen molar-refractivity contribution in [3.05, 3.63) is 57.6 Å². The molecule has 0 atom stereocenters. The SMILES string of the molecule is COc1cc(/C=C(\Cl)c2nc3c(C)cccc3c(=O)[nH]2)cc(OC)c1OC. The monoisotopic (exact) mass is 386 g/mol. The first-order valence-electron chi connectivity index (χ1n) is 8.15. The van der Waals surface area contributed by atoms with Crippen LogP contribution in [-0.4, -0.2) is 31.3 Å². The summed E-state index contributed by atoms with van der Waals surface area (Å²) in [6.45, 7) is 1.90. The second-order valence-corrected chi connectivity index (χ2v) is 6.24. The van der Waals surface area contributed by atoms with Crippen molar-refractivity contribution in [1.29, 1.82) is 0 Å². The highest BCUT2D eigenvalue weighted by Crippen LogP contribution is 2.39. The Kier molecular flexibility index (Phi) is 5.37. The Morgan fingerprint density at radius 1 is 1.11 bits per heavy atom. The summed E-state index contributed by atoms with van der Waals surface area (Å²) in [5.74, 6) is 1.78. The lowest BCUT2D eigenvalue weighted by atomic mass is 10.1. The number of H-pyrrole nitrogens is 1. The van der Waals surface area contributed by atoms with Crippen LogP contribution in [0.3, 0.4) is 0 Å². The van der Waals surface area contributed by atoms with Crippen LogP contribution in [0, 0.1) is 6.92 Å². The van der Waals surface area contributed by atoms with Crippen molar-refractivity contribution < 1.29 is 14.2 Å². The van der Waals surface area contributed by atoms with E-state index in [-0.39, 0.29) is 16.4 Å². The van der Waals surface area contributed by atoms with Gasteiger partial charge in [-0.1, -0.05) is 23.7 Å². The molecule has 0 saturated heterocycles. The van der Waals surface area contributed by atoms with Gasteiger partial charge in [-0.05, 0) is 42.3 Å². The molecule has 1 heterocycles. The molecule has 6 nitrogen and oxygen atoms in total. The predicted molar refractivity (Wildman–Crippen MR) is 107 cm³/mol. The third-order valence-corrected chi connectivity index (χ3v) is 4.43. The lowest BCUT2D eigenvalue weighted by molar-refractivity contribution is 0.324. The van der Waals surface area contributed by atoms with Crippen molar-refractivity contribution in [2.75, 3.05) is 21.3 Å². The standard InChI is InChI=1S/C20H19ClN2O4/c1-11-6-5-7-13-17(11)22-19(23-20(13)24)14(21)8-12-9-15(25-2)18(27-4)16(10-12)26-3/h5-10H,1-4H3,(H,22,23,24)/b14-8-. The molecule has 0 unspecified atom stereocenters. The minimum atomic E-state index is -0.241. The number of hydrogen-bond acceptors (Lipinski definition) is 5. The molecule has 0 fully saturated rings. The molecule has 2 aromatic carbocycles. The number of rotatable bonds is 5. The fraction of sp³-hybridized carbons (Fsp3) is 0.200. The zero-order valence-corrected chi connectivity index (χ0v) is 16.2. The van der Waals surface area contributed by atoms with Gasteiger partial charge in [-0.15, -0.1) is 0 Å². The van der Waals surface area contributed by atoms with Gasteiger partial charge in [-0.25, -0.2) is 4.98 Å². The number of benzene rings is 2. The van der Waals surface area contributed by atoms with E-state index in [0.717, 1.165) is 5.56 Å². The number of ether oxygens (including phenoxy) is 3. The van der Waals surface area contributed by atoms with Crippen molar-refractivity contribution >= 4 is 33.6 Å². The van der Waals surface area contributed by atoms with E-state index in [1.165, 1.54) is 21.3 Å². The van der Waals surface area contributed by atoms with E-state index in [1.807, 2.05) is 19.1 Å². The topological polar surface area (TPSA) is 73.4 Å². The van der Waals surface area contributed by atoms with E-state index in [2.05, 4.69) is 9.97 Å². The molecule has 27 heavy (non-hydrogen) atoms. The van der Waals surface area contributed by atoms with Gasteiger partial charge in [0.25, 0.3) is 5.56 Å². The molecule has 0 spiro atoms. The molecule has 140 valence electrons. The third-order valence-electron chi connectivity index (χ3n) is 4.14. The summed E-state index contributed by atoms with van der Waals surface area (Å²) < 4.78 is 16.0. The molecule has 0 aliphatic carbocycles. The highest BCUT2D eigenvalue weighted by atomic mass is 35.5. The Morgan fingerprint density at radius 3 is 2.37 bits per heavy atom. The first kappa shape index (κ1) is 18.8. The van der Waals surface area contributed by atoms with Crippen LogP contribution in [0.5, 0.6) is 17.2 Å². The number of fused-ring (bicyclic) bond motifs is 1. The van der Waals surface area contributed by atoms with E-state index in [9.17, 15) is 4.79 Å². The van der Waals surface area contributed by atoms with Gasteiger partial charge < -0.3 is 19.2 Å².